The van der Waals surface area contributed by atoms with Crippen molar-refractivity contribution in [3.63, 3.8) is 0 Å². The van der Waals surface area contributed by atoms with Crippen LogP contribution in [-0.4, -0.2) is 15.1 Å². The van der Waals surface area contributed by atoms with Crippen molar-refractivity contribution in [2.24, 2.45) is 0 Å². The zero-order valence-electron chi connectivity index (χ0n) is 11.9. The van der Waals surface area contributed by atoms with Gasteiger partial charge in [0.1, 0.15) is 11.6 Å². The molecule has 0 atom stereocenters. The molecule has 23 heavy (non-hydrogen) atoms. The molecular weight excluding hydrogens is 325 g/mol. The van der Waals surface area contributed by atoms with Crippen LogP contribution in [0.2, 0.25) is 0 Å². The molecule has 3 aromatic rings. The molecule has 0 fully saturated rings. The van der Waals surface area contributed by atoms with E-state index >= 15 is 0 Å². The quantitative estimate of drug-likeness (QED) is 0.395. The number of nitro benzene ring substituents is 1. The van der Waals surface area contributed by atoms with Crippen molar-refractivity contribution in [3.8, 4) is 11.5 Å². The second kappa shape index (κ2) is 6.21. The van der Waals surface area contributed by atoms with Crippen LogP contribution < -0.4 is 0 Å². The predicted molar refractivity (Wildman–Crippen MR) is 79.4 cm³/mol. The lowest BCUT2D eigenvalue weighted by molar-refractivity contribution is -0.385. The summed E-state index contributed by atoms with van der Waals surface area (Å²) in [5.41, 5.74) is 0.380. The number of hydrogen-bond donors (Lipinski definition) is 0. The fourth-order valence-corrected chi connectivity index (χ4v) is 2.77. The topological polar surface area (TPSA) is 95.2 Å². The zero-order valence-corrected chi connectivity index (χ0v) is 12.7. The SMILES string of the molecule is Cc1occc1-c1nnc(SCc2c(F)cccc2[N+](=O)[O-])o1. The highest BCUT2D eigenvalue weighted by atomic mass is 32.2. The van der Waals surface area contributed by atoms with Crippen LogP contribution in [0.4, 0.5) is 10.1 Å². The van der Waals surface area contributed by atoms with Crippen LogP contribution in [0.15, 0.2) is 44.6 Å². The number of hydrogen-bond acceptors (Lipinski definition) is 7. The lowest BCUT2D eigenvalue weighted by Gasteiger charge is -2.02. The van der Waals surface area contributed by atoms with Gasteiger partial charge in [-0.1, -0.05) is 17.8 Å². The molecular formula is C14H10FN3O4S. The van der Waals surface area contributed by atoms with Crippen LogP contribution in [0, 0.1) is 22.9 Å². The van der Waals surface area contributed by atoms with Crippen LogP contribution >= 0.6 is 11.8 Å². The third kappa shape index (κ3) is 3.09. The van der Waals surface area contributed by atoms with Gasteiger partial charge in [-0.2, -0.15) is 0 Å². The van der Waals surface area contributed by atoms with Gasteiger partial charge < -0.3 is 8.83 Å². The minimum absolute atomic E-state index is 0.00892. The highest BCUT2D eigenvalue weighted by Crippen LogP contribution is 2.31. The molecule has 0 saturated carbocycles. The molecule has 9 heteroatoms. The van der Waals surface area contributed by atoms with E-state index in [9.17, 15) is 14.5 Å². The summed E-state index contributed by atoms with van der Waals surface area (Å²) in [7, 11) is 0. The van der Waals surface area contributed by atoms with Gasteiger partial charge in [-0.3, -0.25) is 10.1 Å². The molecule has 0 spiro atoms. The number of nitro groups is 1. The van der Waals surface area contributed by atoms with E-state index in [2.05, 4.69) is 10.2 Å². The Balaban J connectivity index is 1.79. The molecule has 2 heterocycles. The molecule has 0 aliphatic rings. The highest BCUT2D eigenvalue weighted by molar-refractivity contribution is 7.98. The summed E-state index contributed by atoms with van der Waals surface area (Å²) >= 11 is 1.03. The third-order valence-corrected chi connectivity index (χ3v) is 3.97. The number of rotatable bonds is 5. The molecule has 0 unspecified atom stereocenters. The number of benzene rings is 1. The first-order chi connectivity index (χ1) is 11.1. The molecule has 0 amide bonds. The van der Waals surface area contributed by atoms with Gasteiger partial charge in [-0.15, -0.1) is 10.2 Å². The second-order valence-electron chi connectivity index (χ2n) is 4.55. The highest BCUT2D eigenvalue weighted by Gasteiger charge is 2.19. The molecule has 2 aromatic heterocycles. The lowest BCUT2D eigenvalue weighted by Crippen LogP contribution is -1.97. The van der Waals surface area contributed by atoms with Crippen LogP contribution in [0.5, 0.6) is 0 Å². The standard InChI is InChI=1S/C14H10FN3O4S/c1-8-9(5-6-21-8)13-16-17-14(22-13)23-7-10-11(15)3-2-4-12(10)18(19)20/h2-6H,7H2,1H3. The average molecular weight is 335 g/mol. The Hall–Kier alpha value is -2.68. The monoisotopic (exact) mass is 335 g/mol. The van der Waals surface area contributed by atoms with Gasteiger partial charge in [0.2, 0.25) is 0 Å². The summed E-state index contributed by atoms with van der Waals surface area (Å²) < 4.78 is 24.4. The van der Waals surface area contributed by atoms with Gasteiger partial charge in [-0.05, 0) is 19.1 Å². The molecule has 0 aliphatic heterocycles. The van der Waals surface area contributed by atoms with E-state index in [-0.39, 0.29) is 28.1 Å². The summed E-state index contributed by atoms with van der Waals surface area (Å²) in [6, 6.07) is 5.43. The Morgan fingerprint density at radius 2 is 2.17 bits per heavy atom. The molecule has 0 N–H and O–H groups in total. The van der Waals surface area contributed by atoms with Crippen molar-refractivity contribution in [2.45, 2.75) is 17.9 Å². The van der Waals surface area contributed by atoms with E-state index < -0.39 is 10.7 Å². The van der Waals surface area contributed by atoms with Crippen molar-refractivity contribution in [1.82, 2.24) is 10.2 Å². The Kier molecular flexibility index (Phi) is 4.11. The number of halogens is 1. The first kappa shape index (κ1) is 15.2. The first-order valence-corrected chi connectivity index (χ1v) is 7.47. The summed E-state index contributed by atoms with van der Waals surface area (Å²) in [6.07, 6.45) is 1.50. The van der Waals surface area contributed by atoms with E-state index in [4.69, 9.17) is 8.83 Å². The Morgan fingerprint density at radius 1 is 1.35 bits per heavy atom. The van der Waals surface area contributed by atoms with Crippen LogP contribution in [-0.2, 0) is 5.75 Å². The summed E-state index contributed by atoms with van der Waals surface area (Å²) in [4.78, 5) is 10.3. The number of aryl methyl sites for hydroxylation is 1. The Bertz CT molecular complexity index is 861. The molecule has 118 valence electrons. The van der Waals surface area contributed by atoms with E-state index in [0.717, 1.165) is 11.8 Å². The largest absolute Gasteiger partial charge is 0.469 e. The number of furan rings is 1. The average Bonchev–Trinajstić information content (AvgIpc) is 3.14. The van der Waals surface area contributed by atoms with Gasteiger partial charge >= 0.3 is 0 Å². The smallest absolute Gasteiger partial charge is 0.277 e. The fraction of sp³-hybridized carbons (Fsp3) is 0.143. The summed E-state index contributed by atoms with van der Waals surface area (Å²) in [6.45, 7) is 1.76. The zero-order chi connectivity index (χ0) is 16.4. The maximum absolute atomic E-state index is 13.8. The van der Waals surface area contributed by atoms with Crippen molar-refractivity contribution < 1.29 is 18.1 Å². The minimum Gasteiger partial charge on any atom is -0.469 e. The summed E-state index contributed by atoms with van der Waals surface area (Å²) in [5, 5.41) is 18.9. The van der Waals surface area contributed by atoms with Gasteiger partial charge in [0.05, 0.1) is 22.3 Å². The van der Waals surface area contributed by atoms with Gasteiger partial charge in [0.15, 0.2) is 0 Å². The Labute approximate surface area is 133 Å². The lowest BCUT2D eigenvalue weighted by atomic mass is 10.2. The predicted octanol–water partition coefficient (Wildman–Crippen LogP) is 3.98. The van der Waals surface area contributed by atoms with E-state index in [1.807, 2.05) is 0 Å². The molecule has 3 rings (SSSR count). The van der Waals surface area contributed by atoms with Crippen molar-refractivity contribution in [1.29, 1.82) is 0 Å². The summed E-state index contributed by atoms with van der Waals surface area (Å²) in [5.74, 6) is 0.281. The van der Waals surface area contributed by atoms with Crippen LogP contribution in [0.3, 0.4) is 0 Å². The maximum Gasteiger partial charge on any atom is 0.277 e. The van der Waals surface area contributed by atoms with E-state index in [1.165, 1.54) is 24.5 Å². The molecule has 0 aliphatic carbocycles. The normalized spacial score (nSPS) is 10.9. The van der Waals surface area contributed by atoms with Crippen molar-refractivity contribution >= 4 is 17.4 Å². The van der Waals surface area contributed by atoms with E-state index in [0.29, 0.717) is 11.3 Å². The van der Waals surface area contributed by atoms with Crippen molar-refractivity contribution in [3.05, 3.63) is 57.8 Å². The van der Waals surface area contributed by atoms with Gasteiger partial charge in [0, 0.05) is 11.8 Å². The molecule has 7 nitrogen and oxygen atoms in total. The molecule has 1 aromatic carbocycles. The minimum atomic E-state index is -0.642. The van der Waals surface area contributed by atoms with Crippen LogP contribution in [0.25, 0.3) is 11.5 Å². The van der Waals surface area contributed by atoms with E-state index in [1.54, 1.807) is 13.0 Å². The first-order valence-electron chi connectivity index (χ1n) is 6.49. The second-order valence-corrected chi connectivity index (χ2v) is 5.47. The fourth-order valence-electron chi connectivity index (χ4n) is 1.98. The molecule has 0 saturated heterocycles. The molecule has 0 radical (unpaired) electrons. The van der Waals surface area contributed by atoms with Crippen molar-refractivity contribution in [2.75, 3.05) is 0 Å². The van der Waals surface area contributed by atoms with Crippen LogP contribution in [0.1, 0.15) is 11.3 Å². The maximum atomic E-state index is 13.8. The molecule has 0 bridgehead atoms. The third-order valence-electron chi connectivity index (χ3n) is 3.13. The number of nitrogens with zero attached hydrogens (tertiary/aromatic N) is 3. The van der Waals surface area contributed by atoms with Gasteiger partial charge in [0.25, 0.3) is 16.8 Å². The Morgan fingerprint density at radius 3 is 2.87 bits per heavy atom. The number of aromatic nitrogens is 2. The number of thioether (sulfide) groups is 1. The van der Waals surface area contributed by atoms with Gasteiger partial charge in [-0.25, -0.2) is 4.39 Å².